The van der Waals surface area contributed by atoms with E-state index in [1.807, 2.05) is 0 Å². The number of ketones is 1. The molecule has 0 amide bonds. The Labute approximate surface area is 136 Å². The van der Waals surface area contributed by atoms with Crippen molar-refractivity contribution in [3.8, 4) is 5.75 Å². The van der Waals surface area contributed by atoms with E-state index >= 15 is 0 Å². The summed E-state index contributed by atoms with van der Waals surface area (Å²) in [4.78, 5) is 12.6. The highest BCUT2D eigenvalue weighted by Crippen LogP contribution is 2.39. The lowest BCUT2D eigenvalue weighted by Gasteiger charge is -2.11. The van der Waals surface area contributed by atoms with E-state index in [1.165, 1.54) is 13.2 Å². The van der Waals surface area contributed by atoms with E-state index in [9.17, 15) is 4.79 Å². The predicted molar refractivity (Wildman–Crippen MR) is 82.9 cm³/mol. The second-order valence-corrected chi connectivity index (χ2v) is 5.44. The fourth-order valence-electron chi connectivity index (χ4n) is 1.74. The molecule has 104 valence electrons. The van der Waals surface area contributed by atoms with Gasteiger partial charge in [0, 0.05) is 0 Å². The van der Waals surface area contributed by atoms with Gasteiger partial charge < -0.3 is 4.74 Å². The van der Waals surface area contributed by atoms with Gasteiger partial charge in [-0.15, -0.1) is 0 Å². The van der Waals surface area contributed by atoms with Crippen molar-refractivity contribution >= 4 is 52.2 Å². The first-order valence-electron chi connectivity index (χ1n) is 5.48. The van der Waals surface area contributed by atoms with Gasteiger partial charge in [-0.3, -0.25) is 4.79 Å². The van der Waals surface area contributed by atoms with Crippen LogP contribution in [0.5, 0.6) is 5.75 Å². The smallest absolute Gasteiger partial charge is 0.199 e. The lowest BCUT2D eigenvalue weighted by atomic mass is 10.0. The van der Waals surface area contributed by atoms with Crippen LogP contribution in [0.1, 0.15) is 15.9 Å². The van der Waals surface area contributed by atoms with E-state index < -0.39 is 0 Å². The number of hydrogen-bond donors (Lipinski definition) is 0. The minimum Gasteiger partial charge on any atom is -0.496 e. The highest BCUT2D eigenvalue weighted by atomic mass is 35.5. The Morgan fingerprint density at radius 2 is 1.65 bits per heavy atom. The highest BCUT2D eigenvalue weighted by Gasteiger charge is 2.23. The van der Waals surface area contributed by atoms with E-state index in [-0.39, 0.29) is 31.4 Å². The maximum absolute atomic E-state index is 12.6. The van der Waals surface area contributed by atoms with E-state index in [2.05, 4.69) is 0 Å². The maximum atomic E-state index is 12.6. The summed E-state index contributed by atoms with van der Waals surface area (Å²) >= 11 is 24.0. The van der Waals surface area contributed by atoms with Crippen LogP contribution >= 0.6 is 46.4 Å². The topological polar surface area (TPSA) is 26.3 Å². The molecule has 0 unspecified atom stereocenters. The van der Waals surface area contributed by atoms with Crippen molar-refractivity contribution in [1.29, 1.82) is 0 Å². The van der Waals surface area contributed by atoms with Gasteiger partial charge in [-0.1, -0.05) is 58.5 Å². The molecule has 0 aliphatic rings. The quantitative estimate of drug-likeness (QED) is 0.413. The molecular weight excluding hydrogens is 342 g/mol. The fourth-order valence-corrected chi connectivity index (χ4v) is 2.83. The van der Waals surface area contributed by atoms with E-state index in [0.29, 0.717) is 11.3 Å². The molecule has 0 N–H and O–H groups in total. The molecule has 2 rings (SSSR count). The first kappa shape index (κ1) is 15.5. The summed E-state index contributed by atoms with van der Waals surface area (Å²) in [5.74, 6) is 0.0479. The normalized spacial score (nSPS) is 10.4. The first-order valence-corrected chi connectivity index (χ1v) is 6.99. The molecule has 0 aromatic heterocycles. The lowest BCUT2D eigenvalue weighted by molar-refractivity contribution is 0.103. The summed E-state index contributed by atoms with van der Waals surface area (Å²) < 4.78 is 5.16. The molecule has 0 radical (unpaired) electrons. The van der Waals surface area contributed by atoms with Crippen LogP contribution in [0.15, 0.2) is 30.3 Å². The van der Waals surface area contributed by atoms with Gasteiger partial charge in [-0.2, -0.15) is 0 Å². The second kappa shape index (κ2) is 6.23. The summed E-state index contributed by atoms with van der Waals surface area (Å²) in [5, 5.41) is 0.453. The van der Waals surface area contributed by atoms with Crippen LogP contribution in [0.3, 0.4) is 0 Å². The van der Waals surface area contributed by atoms with Gasteiger partial charge in [0.2, 0.25) is 0 Å². The van der Waals surface area contributed by atoms with Crippen LogP contribution in [0.4, 0.5) is 0 Å². The molecule has 0 saturated heterocycles. The zero-order valence-electron chi connectivity index (χ0n) is 10.2. The van der Waals surface area contributed by atoms with Crippen molar-refractivity contribution < 1.29 is 9.53 Å². The zero-order valence-corrected chi connectivity index (χ0v) is 13.2. The van der Waals surface area contributed by atoms with E-state index in [4.69, 9.17) is 51.1 Å². The van der Waals surface area contributed by atoms with Gasteiger partial charge in [0.15, 0.2) is 5.78 Å². The predicted octanol–water partition coefficient (Wildman–Crippen LogP) is 5.54. The van der Waals surface area contributed by atoms with Crippen molar-refractivity contribution in [1.82, 2.24) is 0 Å². The number of methoxy groups -OCH3 is 1. The molecule has 0 saturated carbocycles. The van der Waals surface area contributed by atoms with Crippen LogP contribution in [0, 0.1) is 0 Å². The molecule has 2 aromatic carbocycles. The third kappa shape index (κ3) is 2.75. The summed E-state index contributed by atoms with van der Waals surface area (Å²) in [6.07, 6.45) is 0. The standard InChI is InChI=1S/C14H8Cl4O2/c1-20-10-5-3-2-4-7(10)14(19)11-8(15)6-9(16)12(17)13(11)18/h2-6H,1H3. The SMILES string of the molecule is COc1ccccc1C(=O)c1c(Cl)cc(Cl)c(Cl)c1Cl. The van der Waals surface area contributed by atoms with Crippen molar-refractivity contribution in [2.45, 2.75) is 0 Å². The Morgan fingerprint density at radius 1 is 1.00 bits per heavy atom. The second-order valence-electron chi connectivity index (χ2n) is 3.87. The number of ether oxygens (including phenoxy) is 1. The third-order valence-corrected chi connectivity index (χ3v) is 4.25. The molecule has 0 heterocycles. The van der Waals surface area contributed by atoms with Gasteiger partial charge in [0.25, 0.3) is 0 Å². The number of halogens is 4. The largest absolute Gasteiger partial charge is 0.496 e. The summed E-state index contributed by atoms with van der Waals surface area (Å²) in [6, 6.07) is 8.16. The summed E-state index contributed by atoms with van der Waals surface area (Å²) in [5.41, 5.74) is 0.449. The number of carbonyl (C=O) groups is 1. The van der Waals surface area contributed by atoms with Crippen LogP contribution in [0.2, 0.25) is 20.1 Å². The number of carbonyl (C=O) groups excluding carboxylic acids is 1. The molecular formula is C14H8Cl4O2. The van der Waals surface area contributed by atoms with Crippen molar-refractivity contribution in [2.24, 2.45) is 0 Å². The summed E-state index contributed by atoms with van der Waals surface area (Å²) in [7, 11) is 1.48. The molecule has 0 bridgehead atoms. The molecule has 0 aliphatic heterocycles. The molecule has 0 atom stereocenters. The Kier molecular flexibility index (Phi) is 4.82. The number of para-hydroxylation sites is 1. The molecule has 6 heteroatoms. The monoisotopic (exact) mass is 348 g/mol. The van der Waals surface area contributed by atoms with Crippen molar-refractivity contribution in [3.63, 3.8) is 0 Å². The molecule has 0 aliphatic carbocycles. The van der Waals surface area contributed by atoms with Crippen LogP contribution in [-0.4, -0.2) is 12.9 Å². The van der Waals surface area contributed by atoms with Gasteiger partial charge in [-0.05, 0) is 18.2 Å². The fraction of sp³-hybridized carbons (Fsp3) is 0.0714. The number of rotatable bonds is 3. The van der Waals surface area contributed by atoms with Crippen LogP contribution in [0.25, 0.3) is 0 Å². The Bertz CT molecular complexity index is 683. The van der Waals surface area contributed by atoms with Crippen molar-refractivity contribution in [2.75, 3.05) is 7.11 Å². The lowest BCUT2D eigenvalue weighted by Crippen LogP contribution is -2.06. The van der Waals surface area contributed by atoms with Gasteiger partial charge in [-0.25, -0.2) is 0 Å². The molecule has 2 nitrogen and oxygen atoms in total. The van der Waals surface area contributed by atoms with E-state index in [1.54, 1.807) is 24.3 Å². The summed E-state index contributed by atoms with van der Waals surface area (Å²) in [6.45, 7) is 0. The minimum absolute atomic E-state index is 0.0278. The number of hydrogen-bond acceptors (Lipinski definition) is 2. The highest BCUT2D eigenvalue weighted by molar-refractivity contribution is 6.51. The molecule has 2 aromatic rings. The van der Waals surface area contributed by atoms with Crippen LogP contribution in [-0.2, 0) is 0 Å². The average molecular weight is 350 g/mol. The van der Waals surface area contributed by atoms with Gasteiger partial charge >= 0.3 is 0 Å². The molecule has 0 spiro atoms. The third-order valence-electron chi connectivity index (χ3n) is 2.69. The van der Waals surface area contributed by atoms with Gasteiger partial charge in [0.05, 0.1) is 38.3 Å². The average Bonchev–Trinajstić information content (AvgIpc) is 2.44. The minimum atomic E-state index is -0.379. The van der Waals surface area contributed by atoms with Crippen molar-refractivity contribution in [3.05, 3.63) is 61.5 Å². The van der Waals surface area contributed by atoms with E-state index in [0.717, 1.165) is 0 Å². The zero-order chi connectivity index (χ0) is 14.9. The Balaban J connectivity index is 2.63. The maximum Gasteiger partial charge on any atom is 0.199 e. The molecule has 0 fully saturated rings. The Morgan fingerprint density at radius 3 is 2.30 bits per heavy atom. The number of benzene rings is 2. The van der Waals surface area contributed by atoms with Crippen LogP contribution < -0.4 is 4.74 Å². The Hall–Kier alpha value is -0.930. The van der Waals surface area contributed by atoms with Gasteiger partial charge in [0.1, 0.15) is 5.75 Å². The molecule has 20 heavy (non-hydrogen) atoms. The first-order chi connectivity index (χ1) is 9.47.